The van der Waals surface area contributed by atoms with Crippen LogP contribution in [0.4, 0.5) is 0 Å². The summed E-state index contributed by atoms with van der Waals surface area (Å²) in [5.74, 6) is 0.911. The summed E-state index contributed by atoms with van der Waals surface area (Å²) < 4.78 is 5.26. The fraction of sp³-hybridized carbons (Fsp3) is 0.154. The van der Waals surface area contributed by atoms with Gasteiger partial charge >= 0.3 is 0 Å². The van der Waals surface area contributed by atoms with E-state index in [0.717, 1.165) is 17.0 Å². The van der Waals surface area contributed by atoms with Gasteiger partial charge in [-0.2, -0.15) is 0 Å². The molecule has 0 saturated carbocycles. The summed E-state index contributed by atoms with van der Waals surface area (Å²) in [6, 6.07) is 9.36. The molecule has 0 aliphatic heterocycles. The number of hydrogen-bond acceptors (Lipinski definition) is 4. The number of carbonyl (C=O) groups is 1. The maximum atomic E-state index is 10.7. The average Bonchev–Trinajstić information content (AvgIpc) is 2.37. The van der Waals surface area contributed by atoms with E-state index in [1.165, 1.54) is 0 Å². The number of methoxy groups -OCH3 is 1. The van der Waals surface area contributed by atoms with Crippen molar-refractivity contribution in [1.82, 2.24) is 9.97 Å². The van der Waals surface area contributed by atoms with Crippen LogP contribution < -0.4 is 4.74 Å². The fourth-order valence-electron chi connectivity index (χ4n) is 1.64. The monoisotopic (exact) mass is 228 g/mol. The van der Waals surface area contributed by atoms with Crippen LogP contribution in [-0.2, 0) is 0 Å². The van der Waals surface area contributed by atoms with Gasteiger partial charge in [-0.1, -0.05) is 12.1 Å². The fourth-order valence-corrected chi connectivity index (χ4v) is 1.64. The topological polar surface area (TPSA) is 52.1 Å². The van der Waals surface area contributed by atoms with Crippen molar-refractivity contribution in [2.45, 2.75) is 6.92 Å². The molecule has 0 spiro atoms. The predicted octanol–water partition coefficient (Wildman–Crippen LogP) is 2.27. The smallest absolute Gasteiger partial charge is 0.193 e. The lowest BCUT2D eigenvalue weighted by Gasteiger charge is -2.08. The Morgan fingerprint density at radius 1 is 1.24 bits per heavy atom. The number of ether oxygens (including phenoxy) is 1. The Morgan fingerprint density at radius 3 is 2.71 bits per heavy atom. The summed E-state index contributed by atoms with van der Waals surface area (Å²) in [7, 11) is 1.60. The summed E-state index contributed by atoms with van der Waals surface area (Å²) in [5, 5.41) is 0. The first kappa shape index (κ1) is 11.3. The van der Waals surface area contributed by atoms with Crippen LogP contribution in [0, 0.1) is 6.92 Å². The maximum absolute atomic E-state index is 10.7. The molecule has 0 saturated heterocycles. The quantitative estimate of drug-likeness (QED) is 0.756. The third kappa shape index (κ3) is 2.30. The Morgan fingerprint density at radius 2 is 2.00 bits per heavy atom. The third-order valence-corrected chi connectivity index (χ3v) is 2.36. The van der Waals surface area contributed by atoms with Crippen LogP contribution in [0.5, 0.6) is 5.75 Å². The third-order valence-electron chi connectivity index (χ3n) is 2.36. The summed E-state index contributed by atoms with van der Waals surface area (Å²) in [5.41, 5.74) is 2.30. The number of aldehydes is 1. The van der Waals surface area contributed by atoms with Crippen molar-refractivity contribution in [3.8, 4) is 17.0 Å². The maximum Gasteiger partial charge on any atom is 0.193 e. The Hall–Kier alpha value is -2.23. The molecule has 0 radical (unpaired) electrons. The van der Waals surface area contributed by atoms with Crippen LogP contribution in [-0.4, -0.2) is 23.4 Å². The number of aromatic nitrogens is 2. The van der Waals surface area contributed by atoms with Gasteiger partial charge in [-0.05, 0) is 25.1 Å². The number of hydrogen-bond donors (Lipinski definition) is 0. The van der Waals surface area contributed by atoms with E-state index in [-0.39, 0.29) is 5.82 Å². The molecule has 0 N–H and O–H groups in total. The number of benzene rings is 1. The van der Waals surface area contributed by atoms with E-state index >= 15 is 0 Å². The van der Waals surface area contributed by atoms with E-state index in [1.54, 1.807) is 7.11 Å². The minimum Gasteiger partial charge on any atom is -0.496 e. The SMILES string of the molecule is COc1ccccc1-c1cc(C)nc(C=O)n1. The van der Waals surface area contributed by atoms with Gasteiger partial charge in [0.25, 0.3) is 0 Å². The van der Waals surface area contributed by atoms with Crippen LogP contribution in [0.3, 0.4) is 0 Å². The minimum absolute atomic E-state index is 0.186. The summed E-state index contributed by atoms with van der Waals surface area (Å²) in [4.78, 5) is 18.9. The van der Waals surface area contributed by atoms with E-state index in [2.05, 4.69) is 9.97 Å². The highest BCUT2D eigenvalue weighted by molar-refractivity contribution is 5.73. The van der Waals surface area contributed by atoms with E-state index in [0.29, 0.717) is 12.0 Å². The van der Waals surface area contributed by atoms with E-state index in [9.17, 15) is 4.79 Å². The first-order valence-electron chi connectivity index (χ1n) is 5.19. The van der Waals surface area contributed by atoms with Gasteiger partial charge in [0.15, 0.2) is 12.1 Å². The molecule has 4 heteroatoms. The van der Waals surface area contributed by atoms with Gasteiger partial charge in [0, 0.05) is 11.3 Å². The van der Waals surface area contributed by atoms with Crippen molar-refractivity contribution >= 4 is 6.29 Å². The molecule has 86 valence electrons. The lowest BCUT2D eigenvalue weighted by Crippen LogP contribution is -1.98. The Kier molecular flexibility index (Phi) is 3.14. The molecule has 0 amide bonds. The normalized spacial score (nSPS) is 10.0. The van der Waals surface area contributed by atoms with Crippen LogP contribution in [0.2, 0.25) is 0 Å². The van der Waals surface area contributed by atoms with Crippen molar-refractivity contribution < 1.29 is 9.53 Å². The molecule has 0 fully saturated rings. The van der Waals surface area contributed by atoms with Crippen molar-refractivity contribution in [3.63, 3.8) is 0 Å². The second-order valence-corrected chi connectivity index (χ2v) is 3.57. The van der Waals surface area contributed by atoms with Crippen LogP contribution in [0.15, 0.2) is 30.3 Å². The largest absolute Gasteiger partial charge is 0.496 e. The molecule has 1 aromatic carbocycles. The average molecular weight is 228 g/mol. The van der Waals surface area contributed by atoms with Crippen molar-refractivity contribution in [2.75, 3.05) is 7.11 Å². The second kappa shape index (κ2) is 4.74. The molecule has 0 atom stereocenters. The summed E-state index contributed by atoms with van der Waals surface area (Å²) in [6.45, 7) is 1.83. The summed E-state index contributed by atoms with van der Waals surface area (Å²) in [6.07, 6.45) is 0.645. The van der Waals surface area contributed by atoms with Gasteiger partial charge in [0.2, 0.25) is 0 Å². The van der Waals surface area contributed by atoms with Crippen molar-refractivity contribution in [2.24, 2.45) is 0 Å². The molecular weight excluding hydrogens is 216 g/mol. The standard InChI is InChI=1S/C13H12N2O2/c1-9-7-11(15-13(8-16)14-9)10-5-3-4-6-12(10)17-2/h3-8H,1-2H3. The summed E-state index contributed by atoms with van der Waals surface area (Å²) >= 11 is 0. The Bertz CT molecular complexity index is 553. The van der Waals surface area contributed by atoms with Crippen LogP contribution in [0.25, 0.3) is 11.3 Å². The molecule has 1 aromatic heterocycles. The molecule has 2 aromatic rings. The molecule has 0 unspecified atom stereocenters. The highest BCUT2D eigenvalue weighted by Crippen LogP contribution is 2.28. The van der Waals surface area contributed by atoms with Crippen molar-refractivity contribution in [1.29, 1.82) is 0 Å². The zero-order chi connectivity index (χ0) is 12.3. The van der Waals surface area contributed by atoms with Crippen LogP contribution in [0.1, 0.15) is 16.3 Å². The van der Waals surface area contributed by atoms with Gasteiger partial charge in [-0.3, -0.25) is 4.79 Å². The van der Waals surface area contributed by atoms with Gasteiger partial charge in [-0.15, -0.1) is 0 Å². The van der Waals surface area contributed by atoms with Gasteiger partial charge in [0.05, 0.1) is 12.8 Å². The lowest BCUT2D eigenvalue weighted by atomic mass is 10.1. The van der Waals surface area contributed by atoms with Crippen LogP contribution >= 0.6 is 0 Å². The highest BCUT2D eigenvalue weighted by Gasteiger charge is 2.08. The minimum atomic E-state index is 0.186. The zero-order valence-corrected chi connectivity index (χ0v) is 9.68. The molecule has 0 aliphatic carbocycles. The van der Waals surface area contributed by atoms with E-state index < -0.39 is 0 Å². The lowest BCUT2D eigenvalue weighted by molar-refractivity contribution is 0.111. The number of carbonyl (C=O) groups excluding carboxylic acids is 1. The molecule has 1 heterocycles. The molecular formula is C13H12N2O2. The first-order valence-corrected chi connectivity index (χ1v) is 5.19. The molecule has 17 heavy (non-hydrogen) atoms. The Balaban J connectivity index is 2.59. The number of nitrogens with zero attached hydrogens (tertiary/aromatic N) is 2. The van der Waals surface area contributed by atoms with Crippen molar-refractivity contribution in [3.05, 3.63) is 41.9 Å². The highest BCUT2D eigenvalue weighted by atomic mass is 16.5. The van der Waals surface area contributed by atoms with E-state index in [4.69, 9.17) is 4.74 Å². The molecule has 0 aliphatic rings. The number of rotatable bonds is 3. The zero-order valence-electron chi connectivity index (χ0n) is 9.68. The molecule has 2 rings (SSSR count). The number of para-hydroxylation sites is 1. The second-order valence-electron chi connectivity index (χ2n) is 3.57. The molecule has 0 bridgehead atoms. The first-order chi connectivity index (χ1) is 8.24. The number of aryl methyl sites for hydroxylation is 1. The molecule has 4 nitrogen and oxygen atoms in total. The van der Waals surface area contributed by atoms with Gasteiger partial charge in [-0.25, -0.2) is 9.97 Å². The Labute approximate surface area is 99.3 Å². The van der Waals surface area contributed by atoms with Gasteiger partial charge < -0.3 is 4.74 Å². The van der Waals surface area contributed by atoms with E-state index in [1.807, 2.05) is 37.3 Å². The predicted molar refractivity (Wildman–Crippen MR) is 64.1 cm³/mol. The van der Waals surface area contributed by atoms with Gasteiger partial charge in [0.1, 0.15) is 5.75 Å².